The Morgan fingerprint density at radius 3 is 2.58 bits per heavy atom. The highest BCUT2D eigenvalue weighted by Gasteiger charge is 2.18. The average molecular weight is 323 g/mol. The SMILES string of the molecule is O=C(Nc1cccc([N+](=O)[O-])c1)N1CC=C(c2ccccc2)CC1. The van der Waals surface area contributed by atoms with E-state index in [0.717, 1.165) is 6.42 Å². The van der Waals surface area contributed by atoms with Crippen LogP contribution in [0.3, 0.4) is 0 Å². The van der Waals surface area contributed by atoms with Gasteiger partial charge in [0, 0.05) is 30.9 Å². The van der Waals surface area contributed by atoms with E-state index in [0.29, 0.717) is 18.8 Å². The van der Waals surface area contributed by atoms with Crippen molar-refractivity contribution in [1.82, 2.24) is 4.90 Å². The molecule has 0 bridgehead atoms. The normalized spacial score (nSPS) is 14.0. The summed E-state index contributed by atoms with van der Waals surface area (Å²) in [5.74, 6) is 0. The van der Waals surface area contributed by atoms with E-state index in [-0.39, 0.29) is 11.7 Å². The van der Waals surface area contributed by atoms with Crippen LogP contribution in [-0.4, -0.2) is 28.9 Å². The lowest BCUT2D eigenvalue weighted by Crippen LogP contribution is -2.37. The second-order valence-electron chi connectivity index (χ2n) is 5.53. The number of urea groups is 1. The molecule has 0 saturated carbocycles. The molecule has 1 aliphatic rings. The third-order valence-electron chi connectivity index (χ3n) is 3.95. The fourth-order valence-electron chi connectivity index (χ4n) is 2.67. The number of rotatable bonds is 3. The highest BCUT2D eigenvalue weighted by atomic mass is 16.6. The summed E-state index contributed by atoms with van der Waals surface area (Å²) >= 11 is 0. The van der Waals surface area contributed by atoms with Gasteiger partial charge in [0.25, 0.3) is 5.69 Å². The zero-order valence-corrected chi connectivity index (χ0v) is 13.0. The van der Waals surface area contributed by atoms with Crippen molar-refractivity contribution in [2.24, 2.45) is 0 Å². The summed E-state index contributed by atoms with van der Waals surface area (Å²) in [5, 5.41) is 13.5. The number of carbonyl (C=O) groups excluding carboxylic acids is 1. The Morgan fingerprint density at radius 1 is 1.12 bits per heavy atom. The molecule has 122 valence electrons. The summed E-state index contributed by atoms with van der Waals surface area (Å²) in [5.41, 5.74) is 2.79. The molecular formula is C18H17N3O3. The van der Waals surface area contributed by atoms with Crippen molar-refractivity contribution in [1.29, 1.82) is 0 Å². The fourth-order valence-corrected chi connectivity index (χ4v) is 2.67. The van der Waals surface area contributed by atoms with Crippen LogP contribution >= 0.6 is 0 Å². The smallest absolute Gasteiger partial charge is 0.320 e. The molecular weight excluding hydrogens is 306 g/mol. The van der Waals surface area contributed by atoms with Gasteiger partial charge >= 0.3 is 6.03 Å². The maximum atomic E-state index is 12.3. The largest absolute Gasteiger partial charge is 0.322 e. The Hall–Kier alpha value is -3.15. The zero-order chi connectivity index (χ0) is 16.9. The standard InChI is InChI=1S/C18H17N3O3/c22-18(19-16-7-4-8-17(13-16)21(23)24)20-11-9-15(10-12-20)14-5-2-1-3-6-14/h1-9,13H,10-12H2,(H,19,22). The molecule has 6 heteroatoms. The number of nitrogens with zero attached hydrogens (tertiary/aromatic N) is 2. The molecule has 2 aromatic carbocycles. The molecule has 3 rings (SSSR count). The first-order valence-corrected chi connectivity index (χ1v) is 7.68. The van der Waals surface area contributed by atoms with E-state index >= 15 is 0 Å². The van der Waals surface area contributed by atoms with Crippen LogP contribution in [0.1, 0.15) is 12.0 Å². The predicted molar refractivity (Wildman–Crippen MR) is 92.7 cm³/mol. The summed E-state index contributed by atoms with van der Waals surface area (Å²) in [7, 11) is 0. The minimum atomic E-state index is -0.481. The second kappa shape index (κ2) is 6.95. The van der Waals surface area contributed by atoms with Crippen LogP contribution in [0.5, 0.6) is 0 Å². The Balaban J connectivity index is 1.64. The van der Waals surface area contributed by atoms with Crippen LogP contribution in [0, 0.1) is 10.1 Å². The van der Waals surface area contributed by atoms with E-state index < -0.39 is 4.92 Å². The third kappa shape index (κ3) is 3.60. The van der Waals surface area contributed by atoms with Crippen molar-refractivity contribution in [2.45, 2.75) is 6.42 Å². The van der Waals surface area contributed by atoms with Gasteiger partial charge in [0.15, 0.2) is 0 Å². The summed E-state index contributed by atoms with van der Waals surface area (Å²) in [6.45, 7) is 1.13. The minimum absolute atomic E-state index is 0.0438. The van der Waals surface area contributed by atoms with Gasteiger partial charge in [0.1, 0.15) is 0 Å². The lowest BCUT2D eigenvalue weighted by Gasteiger charge is -2.26. The third-order valence-corrected chi connectivity index (χ3v) is 3.95. The summed E-state index contributed by atoms with van der Waals surface area (Å²) in [6, 6.07) is 15.8. The monoisotopic (exact) mass is 323 g/mol. The maximum Gasteiger partial charge on any atom is 0.322 e. The van der Waals surface area contributed by atoms with Crippen molar-refractivity contribution < 1.29 is 9.72 Å². The highest BCUT2D eigenvalue weighted by Crippen LogP contribution is 2.23. The summed E-state index contributed by atoms with van der Waals surface area (Å²) in [6.07, 6.45) is 2.83. The molecule has 0 atom stereocenters. The number of carbonyl (C=O) groups is 1. The Morgan fingerprint density at radius 2 is 1.92 bits per heavy atom. The molecule has 0 saturated heterocycles. The van der Waals surface area contributed by atoms with E-state index in [4.69, 9.17) is 0 Å². The number of hydrogen-bond acceptors (Lipinski definition) is 3. The van der Waals surface area contributed by atoms with Gasteiger partial charge in [-0.15, -0.1) is 0 Å². The number of anilines is 1. The molecule has 0 radical (unpaired) electrons. The molecule has 0 fully saturated rings. The van der Waals surface area contributed by atoms with Gasteiger partial charge in [0.05, 0.1) is 4.92 Å². The van der Waals surface area contributed by atoms with Crippen LogP contribution in [-0.2, 0) is 0 Å². The number of amides is 2. The molecule has 1 heterocycles. The second-order valence-corrected chi connectivity index (χ2v) is 5.53. The van der Waals surface area contributed by atoms with Crippen molar-refractivity contribution in [2.75, 3.05) is 18.4 Å². The number of hydrogen-bond donors (Lipinski definition) is 1. The van der Waals surface area contributed by atoms with E-state index in [9.17, 15) is 14.9 Å². The number of nitro groups is 1. The van der Waals surface area contributed by atoms with Gasteiger partial charge in [-0.3, -0.25) is 10.1 Å². The van der Waals surface area contributed by atoms with Crippen molar-refractivity contribution in [3.63, 3.8) is 0 Å². The Labute approximate surface area is 139 Å². The van der Waals surface area contributed by atoms with Gasteiger partial charge in [-0.1, -0.05) is 42.5 Å². The van der Waals surface area contributed by atoms with Crippen molar-refractivity contribution in [3.05, 3.63) is 76.4 Å². The van der Waals surface area contributed by atoms with Crippen molar-refractivity contribution in [3.8, 4) is 0 Å². The molecule has 1 N–H and O–H groups in total. The fraction of sp³-hybridized carbons (Fsp3) is 0.167. The van der Waals surface area contributed by atoms with E-state index in [1.54, 1.807) is 17.0 Å². The molecule has 24 heavy (non-hydrogen) atoms. The summed E-state index contributed by atoms with van der Waals surface area (Å²) in [4.78, 5) is 24.3. The zero-order valence-electron chi connectivity index (χ0n) is 13.0. The van der Waals surface area contributed by atoms with Crippen LogP contribution in [0.4, 0.5) is 16.2 Å². The van der Waals surface area contributed by atoms with Gasteiger partial charge in [-0.05, 0) is 23.6 Å². The first-order valence-electron chi connectivity index (χ1n) is 7.68. The lowest BCUT2D eigenvalue weighted by molar-refractivity contribution is -0.384. The Bertz CT molecular complexity index is 787. The topological polar surface area (TPSA) is 75.5 Å². The maximum absolute atomic E-state index is 12.3. The van der Waals surface area contributed by atoms with Crippen LogP contribution < -0.4 is 5.32 Å². The van der Waals surface area contributed by atoms with Crippen LogP contribution in [0.15, 0.2) is 60.7 Å². The van der Waals surface area contributed by atoms with Crippen LogP contribution in [0.2, 0.25) is 0 Å². The molecule has 2 aromatic rings. The van der Waals surface area contributed by atoms with E-state index in [2.05, 4.69) is 17.4 Å². The Kier molecular flexibility index (Phi) is 4.56. The highest BCUT2D eigenvalue weighted by molar-refractivity contribution is 5.90. The molecule has 2 amide bonds. The average Bonchev–Trinajstić information content (AvgIpc) is 2.63. The van der Waals surface area contributed by atoms with E-state index in [1.165, 1.54) is 23.3 Å². The molecule has 6 nitrogen and oxygen atoms in total. The molecule has 0 aliphatic carbocycles. The summed E-state index contributed by atoms with van der Waals surface area (Å²) < 4.78 is 0. The number of nitrogens with one attached hydrogen (secondary N) is 1. The van der Waals surface area contributed by atoms with Gasteiger partial charge in [-0.25, -0.2) is 4.79 Å². The molecule has 0 unspecified atom stereocenters. The first-order chi connectivity index (χ1) is 11.6. The van der Waals surface area contributed by atoms with E-state index in [1.807, 2.05) is 24.3 Å². The predicted octanol–water partition coefficient (Wildman–Crippen LogP) is 3.92. The molecule has 1 aliphatic heterocycles. The van der Waals surface area contributed by atoms with Crippen molar-refractivity contribution >= 4 is 23.0 Å². The minimum Gasteiger partial charge on any atom is -0.320 e. The molecule has 0 spiro atoms. The van der Waals surface area contributed by atoms with Gasteiger partial charge < -0.3 is 10.2 Å². The molecule has 0 aromatic heterocycles. The number of nitro benzene ring substituents is 1. The lowest BCUT2D eigenvalue weighted by atomic mass is 10.00. The number of non-ortho nitro benzene ring substituents is 1. The van der Waals surface area contributed by atoms with Gasteiger partial charge in [-0.2, -0.15) is 0 Å². The first kappa shape index (κ1) is 15.7. The van der Waals surface area contributed by atoms with Crippen LogP contribution in [0.25, 0.3) is 5.57 Å². The quantitative estimate of drug-likeness (QED) is 0.687. The number of benzene rings is 2. The van der Waals surface area contributed by atoms with Gasteiger partial charge in [0.2, 0.25) is 0 Å².